The van der Waals surface area contributed by atoms with Crippen LogP contribution < -0.4 is 4.74 Å². The van der Waals surface area contributed by atoms with Gasteiger partial charge in [0.25, 0.3) is 0 Å². The molecule has 0 aliphatic carbocycles. The van der Waals surface area contributed by atoms with E-state index in [9.17, 15) is 4.79 Å². The van der Waals surface area contributed by atoms with Crippen molar-refractivity contribution in [3.8, 4) is 5.75 Å². The Kier molecular flexibility index (Phi) is 4.73. The summed E-state index contributed by atoms with van der Waals surface area (Å²) in [6, 6.07) is 18.2. The standard InChI is InChI=1S/C17H18O2/c1-14(18)19-17-12-10-16(11-13-17)9-5-8-15-6-3-2-4-7-15/h2-4,6-7,10-13H,5,8-9H2,1H3. The zero-order chi connectivity index (χ0) is 13.5. The summed E-state index contributed by atoms with van der Waals surface area (Å²) in [5.41, 5.74) is 2.64. The molecule has 0 saturated carbocycles. The number of benzene rings is 2. The van der Waals surface area contributed by atoms with Crippen molar-refractivity contribution in [2.75, 3.05) is 0 Å². The fraction of sp³-hybridized carbons (Fsp3) is 0.235. The van der Waals surface area contributed by atoms with Gasteiger partial charge in [0.1, 0.15) is 5.75 Å². The molecule has 0 amide bonds. The van der Waals surface area contributed by atoms with Gasteiger partial charge in [0.2, 0.25) is 0 Å². The Labute approximate surface area is 114 Å². The Hall–Kier alpha value is -2.09. The van der Waals surface area contributed by atoms with Crippen molar-refractivity contribution in [3.63, 3.8) is 0 Å². The number of carbonyl (C=O) groups excluding carboxylic acids is 1. The van der Waals surface area contributed by atoms with Crippen LogP contribution in [0.2, 0.25) is 0 Å². The Balaban J connectivity index is 1.81. The summed E-state index contributed by atoms with van der Waals surface area (Å²) >= 11 is 0. The summed E-state index contributed by atoms with van der Waals surface area (Å²) in [6.07, 6.45) is 3.25. The van der Waals surface area contributed by atoms with Gasteiger partial charge in [-0.3, -0.25) is 4.79 Å². The molecule has 0 radical (unpaired) electrons. The van der Waals surface area contributed by atoms with E-state index in [1.165, 1.54) is 18.1 Å². The number of rotatable bonds is 5. The monoisotopic (exact) mass is 254 g/mol. The van der Waals surface area contributed by atoms with E-state index in [0.717, 1.165) is 19.3 Å². The summed E-state index contributed by atoms with van der Waals surface area (Å²) in [6.45, 7) is 1.41. The molecule has 0 bridgehead atoms. The van der Waals surface area contributed by atoms with Crippen LogP contribution >= 0.6 is 0 Å². The molecule has 2 nitrogen and oxygen atoms in total. The number of ether oxygens (including phenoxy) is 1. The molecule has 19 heavy (non-hydrogen) atoms. The molecule has 0 aliphatic heterocycles. The van der Waals surface area contributed by atoms with Crippen molar-refractivity contribution in [2.24, 2.45) is 0 Å². The number of hydrogen-bond acceptors (Lipinski definition) is 2. The van der Waals surface area contributed by atoms with Crippen LogP contribution in [0, 0.1) is 0 Å². The van der Waals surface area contributed by atoms with E-state index >= 15 is 0 Å². The second kappa shape index (κ2) is 6.74. The van der Waals surface area contributed by atoms with Crippen LogP contribution in [0.5, 0.6) is 5.75 Å². The van der Waals surface area contributed by atoms with Gasteiger partial charge in [-0.2, -0.15) is 0 Å². The number of esters is 1. The average molecular weight is 254 g/mol. The van der Waals surface area contributed by atoms with E-state index in [1.807, 2.05) is 30.3 Å². The highest BCUT2D eigenvalue weighted by Crippen LogP contribution is 2.14. The zero-order valence-corrected chi connectivity index (χ0v) is 11.1. The maximum absolute atomic E-state index is 10.8. The van der Waals surface area contributed by atoms with Gasteiger partial charge in [0.05, 0.1) is 0 Å². The third-order valence-corrected chi connectivity index (χ3v) is 2.96. The summed E-state index contributed by atoms with van der Waals surface area (Å²) < 4.78 is 5.00. The Morgan fingerprint density at radius 3 is 2.05 bits per heavy atom. The zero-order valence-electron chi connectivity index (χ0n) is 11.1. The molecule has 2 rings (SSSR count). The molecule has 0 aromatic heterocycles. The van der Waals surface area contributed by atoms with Gasteiger partial charge in [0, 0.05) is 6.92 Å². The lowest BCUT2D eigenvalue weighted by atomic mass is 10.0. The highest BCUT2D eigenvalue weighted by Gasteiger charge is 1.99. The first-order chi connectivity index (χ1) is 9.24. The molecule has 2 aromatic carbocycles. The summed E-state index contributed by atoms with van der Waals surface area (Å²) in [4.78, 5) is 10.8. The van der Waals surface area contributed by atoms with Crippen molar-refractivity contribution in [3.05, 3.63) is 65.7 Å². The van der Waals surface area contributed by atoms with E-state index in [4.69, 9.17) is 4.74 Å². The van der Waals surface area contributed by atoms with Crippen LogP contribution in [-0.2, 0) is 17.6 Å². The van der Waals surface area contributed by atoms with E-state index < -0.39 is 0 Å². The van der Waals surface area contributed by atoms with Crippen LogP contribution in [0.1, 0.15) is 24.5 Å². The normalized spacial score (nSPS) is 10.2. The van der Waals surface area contributed by atoms with Crippen molar-refractivity contribution in [2.45, 2.75) is 26.2 Å². The number of aryl methyl sites for hydroxylation is 2. The van der Waals surface area contributed by atoms with Crippen molar-refractivity contribution >= 4 is 5.97 Å². The van der Waals surface area contributed by atoms with Gasteiger partial charge >= 0.3 is 5.97 Å². The molecule has 0 N–H and O–H groups in total. The van der Waals surface area contributed by atoms with Gasteiger partial charge in [-0.25, -0.2) is 0 Å². The van der Waals surface area contributed by atoms with Crippen LogP contribution in [-0.4, -0.2) is 5.97 Å². The van der Waals surface area contributed by atoms with Gasteiger partial charge < -0.3 is 4.74 Å². The maximum atomic E-state index is 10.8. The average Bonchev–Trinajstić information content (AvgIpc) is 2.41. The van der Waals surface area contributed by atoms with Gasteiger partial charge in [-0.15, -0.1) is 0 Å². The smallest absolute Gasteiger partial charge is 0.308 e. The van der Waals surface area contributed by atoms with E-state index in [1.54, 1.807) is 0 Å². The predicted octanol–water partition coefficient (Wildman–Crippen LogP) is 3.79. The lowest BCUT2D eigenvalue weighted by Crippen LogP contribution is -2.01. The predicted molar refractivity (Wildman–Crippen MR) is 76.2 cm³/mol. The summed E-state index contributed by atoms with van der Waals surface area (Å²) in [5, 5.41) is 0. The molecule has 0 saturated heterocycles. The van der Waals surface area contributed by atoms with E-state index in [0.29, 0.717) is 5.75 Å². The summed E-state index contributed by atoms with van der Waals surface area (Å²) in [5.74, 6) is 0.330. The molecule has 0 atom stereocenters. The Bertz CT molecular complexity index is 515. The molecule has 0 unspecified atom stereocenters. The van der Waals surface area contributed by atoms with Crippen molar-refractivity contribution in [1.82, 2.24) is 0 Å². The highest BCUT2D eigenvalue weighted by molar-refractivity contribution is 5.69. The largest absolute Gasteiger partial charge is 0.427 e. The minimum atomic E-state index is -0.281. The minimum absolute atomic E-state index is 0.281. The second-order valence-corrected chi connectivity index (χ2v) is 4.58. The third-order valence-electron chi connectivity index (χ3n) is 2.96. The lowest BCUT2D eigenvalue weighted by Gasteiger charge is -2.04. The quantitative estimate of drug-likeness (QED) is 0.599. The first-order valence-corrected chi connectivity index (χ1v) is 6.55. The first kappa shape index (κ1) is 13.3. The molecule has 2 aromatic rings. The topological polar surface area (TPSA) is 26.3 Å². The van der Waals surface area contributed by atoms with Crippen LogP contribution in [0.3, 0.4) is 0 Å². The lowest BCUT2D eigenvalue weighted by molar-refractivity contribution is -0.131. The van der Waals surface area contributed by atoms with E-state index in [-0.39, 0.29) is 5.97 Å². The SMILES string of the molecule is CC(=O)Oc1ccc(CCCc2ccccc2)cc1. The second-order valence-electron chi connectivity index (χ2n) is 4.58. The fourth-order valence-electron chi connectivity index (χ4n) is 2.03. The molecule has 0 spiro atoms. The molecule has 0 fully saturated rings. The van der Waals surface area contributed by atoms with Crippen LogP contribution in [0.4, 0.5) is 0 Å². The third kappa shape index (κ3) is 4.59. The first-order valence-electron chi connectivity index (χ1n) is 6.55. The van der Waals surface area contributed by atoms with Crippen molar-refractivity contribution < 1.29 is 9.53 Å². The Morgan fingerprint density at radius 1 is 0.895 bits per heavy atom. The molecule has 98 valence electrons. The molecule has 0 heterocycles. The summed E-state index contributed by atoms with van der Waals surface area (Å²) in [7, 11) is 0. The number of carbonyl (C=O) groups is 1. The molecular weight excluding hydrogens is 236 g/mol. The van der Waals surface area contributed by atoms with Crippen LogP contribution in [0.25, 0.3) is 0 Å². The molecule has 0 aliphatic rings. The van der Waals surface area contributed by atoms with Crippen molar-refractivity contribution in [1.29, 1.82) is 0 Å². The fourth-order valence-corrected chi connectivity index (χ4v) is 2.03. The van der Waals surface area contributed by atoms with Gasteiger partial charge in [-0.1, -0.05) is 42.5 Å². The number of hydrogen-bond donors (Lipinski definition) is 0. The van der Waals surface area contributed by atoms with Gasteiger partial charge in [-0.05, 0) is 42.5 Å². The molecule has 2 heteroatoms. The Morgan fingerprint density at radius 2 is 1.47 bits per heavy atom. The highest BCUT2D eigenvalue weighted by atomic mass is 16.5. The minimum Gasteiger partial charge on any atom is -0.427 e. The van der Waals surface area contributed by atoms with Crippen LogP contribution in [0.15, 0.2) is 54.6 Å². The van der Waals surface area contributed by atoms with Gasteiger partial charge in [0.15, 0.2) is 0 Å². The maximum Gasteiger partial charge on any atom is 0.308 e. The van der Waals surface area contributed by atoms with E-state index in [2.05, 4.69) is 24.3 Å². The molecular formula is C17H18O2.